The van der Waals surface area contributed by atoms with Crippen LogP contribution in [0.5, 0.6) is 0 Å². The number of ether oxygens (including phenoxy) is 1. The van der Waals surface area contributed by atoms with Gasteiger partial charge in [-0.3, -0.25) is 4.79 Å². The summed E-state index contributed by atoms with van der Waals surface area (Å²) in [5.74, 6) is -0.342. The van der Waals surface area contributed by atoms with Gasteiger partial charge in [-0.25, -0.2) is 9.78 Å². The molecule has 0 saturated heterocycles. The molecule has 1 saturated carbocycles. The van der Waals surface area contributed by atoms with E-state index in [2.05, 4.69) is 4.98 Å². The summed E-state index contributed by atoms with van der Waals surface area (Å²) in [5, 5.41) is 0. The van der Waals surface area contributed by atoms with Crippen LogP contribution in [0.4, 0.5) is 0 Å². The van der Waals surface area contributed by atoms with Crippen LogP contribution in [0, 0.1) is 0 Å². The minimum atomic E-state index is -0.428. The highest BCUT2D eigenvalue weighted by Gasteiger charge is 2.25. The lowest BCUT2D eigenvalue weighted by atomic mass is 9.85. The normalized spacial score (nSPS) is 19.6. The Morgan fingerprint density at radius 3 is 3.00 bits per heavy atom. The number of ketones is 1. The molecule has 1 fully saturated rings. The van der Waals surface area contributed by atoms with Crippen molar-refractivity contribution in [2.45, 2.75) is 38.5 Å². The molecule has 0 radical (unpaired) electrons. The highest BCUT2D eigenvalue weighted by molar-refractivity contribution is 5.88. The van der Waals surface area contributed by atoms with Crippen LogP contribution < -0.4 is 0 Å². The first-order valence-electron chi connectivity index (χ1n) is 6.39. The van der Waals surface area contributed by atoms with Gasteiger partial charge < -0.3 is 4.74 Å². The summed E-state index contributed by atoms with van der Waals surface area (Å²) in [6.45, 7) is 2.08. The number of hydrogen-bond acceptors (Lipinski definition) is 4. The number of Topliss-reactive ketones (excluding diaryl/α,β-unsaturated/α-hetero) is 1. The fraction of sp³-hybridized carbons (Fsp3) is 0.500. The molecule has 1 aliphatic carbocycles. The van der Waals surface area contributed by atoms with E-state index >= 15 is 0 Å². The van der Waals surface area contributed by atoms with Crippen molar-refractivity contribution in [1.82, 2.24) is 4.98 Å². The number of carbonyl (C=O) groups is 2. The molecular weight excluding hydrogens is 230 g/mol. The zero-order valence-corrected chi connectivity index (χ0v) is 10.5. The van der Waals surface area contributed by atoms with Crippen molar-refractivity contribution in [2.75, 3.05) is 6.61 Å². The van der Waals surface area contributed by atoms with Gasteiger partial charge in [0.1, 0.15) is 11.5 Å². The summed E-state index contributed by atoms with van der Waals surface area (Å²) in [6.07, 6.45) is 3.46. The third-order valence-electron chi connectivity index (χ3n) is 3.17. The highest BCUT2D eigenvalue weighted by Crippen LogP contribution is 2.28. The van der Waals surface area contributed by atoms with Crippen LogP contribution >= 0.6 is 0 Å². The molecule has 4 nitrogen and oxygen atoms in total. The molecule has 1 aliphatic rings. The van der Waals surface area contributed by atoms with E-state index in [4.69, 9.17) is 4.74 Å². The van der Waals surface area contributed by atoms with Gasteiger partial charge in [-0.2, -0.15) is 0 Å². The highest BCUT2D eigenvalue weighted by atomic mass is 16.5. The van der Waals surface area contributed by atoms with Crippen LogP contribution in [-0.2, 0) is 9.53 Å². The summed E-state index contributed by atoms with van der Waals surface area (Å²) in [4.78, 5) is 27.7. The quantitative estimate of drug-likeness (QED) is 0.770. The molecule has 0 spiro atoms. The van der Waals surface area contributed by atoms with E-state index < -0.39 is 5.97 Å². The molecule has 0 N–H and O–H groups in total. The van der Waals surface area contributed by atoms with Gasteiger partial charge in [0.2, 0.25) is 0 Å². The van der Waals surface area contributed by atoms with Gasteiger partial charge in [0.05, 0.1) is 18.2 Å². The number of rotatable bonds is 3. The van der Waals surface area contributed by atoms with Crippen molar-refractivity contribution in [3.63, 3.8) is 0 Å². The molecule has 1 heterocycles. The van der Waals surface area contributed by atoms with Crippen molar-refractivity contribution < 1.29 is 14.3 Å². The molecule has 1 unspecified atom stereocenters. The van der Waals surface area contributed by atoms with E-state index in [0.717, 1.165) is 19.3 Å². The van der Waals surface area contributed by atoms with Gasteiger partial charge >= 0.3 is 5.97 Å². The smallest absolute Gasteiger partial charge is 0.356 e. The standard InChI is InChI=1S/C14H17NO3/c1-2-18-14(17)12-8-5-7-11(15-12)10-6-3-4-9-13(10)16/h5,7-8,10H,2-4,6,9H2,1H3. The Hall–Kier alpha value is -1.71. The average molecular weight is 247 g/mol. The minimum Gasteiger partial charge on any atom is -0.461 e. The third-order valence-corrected chi connectivity index (χ3v) is 3.17. The van der Waals surface area contributed by atoms with E-state index in [1.807, 2.05) is 6.07 Å². The summed E-state index contributed by atoms with van der Waals surface area (Å²) < 4.78 is 4.91. The van der Waals surface area contributed by atoms with Gasteiger partial charge in [0.25, 0.3) is 0 Å². The van der Waals surface area contributed by atoms with Crippen LogP contribution in [0.2, 0.25) is 0 Å². The topological polar surface area (TPSA) is 56.3 Å². The largest absolute Gasteiger partial charge is 0.461 e. The lowest BCUT2D eigenvalue weighted by Crippen LogP contribution is -2.19. The second kappa shape index (κ2) is 5.76. The molecule has 96 valence electrons. The zero-order valence-electron chi connectivity index (χ0n) is 10.5. The summed E-state index contributed by atoms with van der Waals surface area (Å²) in [5.41, 5.74) is 0.984. The first-order chi connectivity index (χ1) is 8.72. The van der Waals surface area contributed by atoms with Gasteiger partial charge in [-0.15, -0.1) is 0 Å². The van der Waals surface area contributed by atoms with Crippen molar-refractivity contribution >= 4 is 11.8 Å². The van der Waals surface area contributed by atoms with Crippen LogP contribution in [0.3, 0.4) is 0 Å². The molecule has 1 atom stereocenters. The van der Waals surface area contributed by atoms with Crippen molar-refractivity contribution in [1.29, 1.82) is 0 Å². The predicted octanol–water partition coefficient (Wildman–Crippen LogP) is 2.49. The molecule has 4 heteroatoms. The Morgan fingerprint density at radius 2 is 2.28 bits per heavy atom. The Bertz CT molecular complexity index is 456. The molecule has 0 amide bonds. The number of hydrogen-bond donors (Lipinski definition) is 0. The number of nitrogens with zero attached hydrogens (tertiary/aromatic N) is 1. The first-order valence-corrected chi connectivity index (χ1v) is 6.39. The van der Waals surface area contributed by atoms with Crippen LogP contribution in [0.1, 0.15) is 54.7 Å². The van der Waals surface area contributed by atoms with Crippen molar-refractivity contribution in [2.24, 2.45) is 0 Å². The Kier molecular flexibility index (Phi) is 4.07. The monoisotopic (exact) mass is 247 g/mol. The minimum absolute atomic E-state index is 0.145. The van der Waals surface area contributed by atoms with Gasteiger partial charge in [-0.05, 0) is 31.9 Å². The number of aromatic nitrogens is 1. The van der Waals surface area contributed by atoms with E-state index in [0.29, 0.717) is 18.7 Å². The van der Waals surface area contributed by atoms with Crippen LogP contribution in [-0.4, -0.2) is 23.3 Å². The maximum atomic E-state index is 11.8. The van der Waals surface area contributed by atoms with Crippen molar-refractivity contribution in [3.8, 4) is 0 Å². The maximum Gasteiger partial charge on any atom is 0.356 e. The van der Waals surface area contributed by atoms with Crippen LogP contribution in [0.15, 0.2) is 18.2 Å². The van der Waals surface area contributed by atoms with E-state index in [1.54, 1.807) is 19.1 Å². The third kappa shape index (κ3) is 2.75. The molecule has 1 aromatic rings. The van der Waals surface area contributed by atoms with Gasteiger partial charge in [0.15, 0.2) is 0 Å². The SMILES string of the molecule is CCOC(=O)c1cccc(C2CCCCC2=O)n1. The number of esters is 1. The number of pyridine rings is 1. The van der Waals surface area contributed by atoms with Crippen LogP contribution in [0.25, 0.3) is 0 Å². The summed E-state index contributed by atoms with van der Waals surface area (Å²) >= 11 is 0. The molecule has 0 bridgehead atoms. The van der Waals surface area contributed by atoms with Gasteiger partial charge in [0, 0.05) is 6.42 Å². The second-order valence-corrected chi connectivity index (χ2v) is 4.43. The maximum absolute atomic E-state index is 11.8. The van der Waals surface area contributed by atoms with E-state index in [-0.39, 0.29) is 17.4 Å². The molecule has 2 rings (SSSR count). The van der Waals surface area contributed by atoms with E-state index in [9.17, 15) is 9.59 Å². The molecule has 18 heavy (non-hydrogen) atoms. The summed E-state index contributed by atoms with van der Waals surface area (Å²) in [6, 6.07) is 5.20. The Balaban J connectivity index is 2.21. The molecular formula is C14H17NO3. The Labute approximate surface area is 106 Å². The molecule has 0 aliphatic heterocycles. The molecule has 1 aromatic heterocycles. The van der Waals surface area contributed by atoms with Gasteiger partial charge in [-0.1, -0.05) is 12.5 Å². The average Bonchev–Trinajstić information content (AvgIpc) is 2.40. The lowest BCUT2D eigenvalue weighted by Gasteiger charge is -2.20. The molecule has 0 aromatic carbocycles. The zero-order chi connectivity index (χ0) is 13.0. The fourth-order valence-electron chi connectivity index (χ4n) is 2.26. The predicted molar refractivity (Wildman–Crippen MR) is 66.4 cm³/mol. The van der Waals surface area contributed by atoms with E-state index in [1.165, 1.54) is 0 Å². The second-order valence-electron chi connectivity index (χ2n) is 4.43. The lowest BCUT2D eigenvalue weighted by molar-refractivity contribution is -0.121. The summed E-state index contributed by atoms with van der Waals surface area (Å²) in [7, 11) is 0. The van der Waals surface area contributed by atoms with Crippen molar-refractivity contribution in [3.05, 3.63) is 29.6 Å². The Morgan fingerprint density at radius 1 is 1.44 bits per heavy atom. The number of carbonyl (C=O) groups excluding carboxylic acids is 2. The first kappa shape index (κ1) is 12.7. The fourth-order valence-corrected chi connectivity index (χ4v) is 2.26.